The van der Waals surface area contributed by atoms with Crippen molar-refractivity contribution in [2.75, 3.05) is 0 Å². The monoisotopic (exact) mass is 528 g/mol. The second-order valence-electron chi connectivity index (χ2n) is 11.7. The van der Waals surface area contributed by atoms with Crippen LogP contribution in [0.1, 0.15) is 57.6 Å². The average molecular weight is 529 g/mol. The highest BCUT2D eigenvalue weighted by atomic mass is 16.3. The maximum absolute atomic E-state index is 11.0. The molecule has 0 saturated heterocycles. The Kier molecular flexibility index (Phi) is 7.98. The molecule has 4 aromatic carbocycles. The molecule has 4 aromatic rings. The van der Waals surface area contributed by atoms with Crippen molar-refractivity contribution in [1.29, 1.82) is 0 Å². The lowest BCUT2D eigenvalue weighted by Crippen LogP contribution is -2.43. The molecule has 2 nitrogen and oxygen atoms in total. The van der Waals surface area contributed by atoms with Crippen molar-refractivity contribution in [2.24, 2.45) is 11.3 Å². The van der Waals surface area contributed by atoms with Gasteiger partial charge in [0.05, 0.1) is 0 Å². The summed E-state index contributed by atoms with van der Waals surface area (Å²) in [6, 6.07) is 32.6. The Hall–Kier alpha value is -4.04. The van der Waals surface area contributed by atoms with Gasteiger partial charge in [0.2, 0.25) is 0 Å². The molecule has 0 saturated carbocycles. The summed E-state index contributed by atoms with van der Waals surface area (Å²) in [5.74, 6) is 0.723. The second-order valence-corrected chi connectivity index (χ2v) is 11.7. The summed E-state index contributed by atoms with van der Waals surface area (Å²) in [4.78, 5) is 0. The number of phenols is 2. The summed E-state index contributed by atoms with van der Waals surface area (Å²) < 4.78 is 0. The van der Waals surface area contributed by atoms with E-state index in [-0.39, 0.29) is 22.8 Å². The molecule has 2 N–H and O–H groups in total. The van der Waals surface area contributed by atoms with Crippen LogP contribution >= 0.6 is 0 Å². The van der Waals surface area contributed by atoms with Gasteiger partial charge in [-0.25, -0.2) is 0 Å². The van der Waals surface area contributed by atoms with Gasteiger partial charge in [0.15, 0.2) is 0 Å². The van der Waals surface area contributed by atoms with Crippen LogP contribution in [0.5, 0.6) is 11.5 Å². The first-order valence-corrected chi connectivity index (χ1v) is 14.5. The third-order valence-corrected chi connectivity index (χ3v) is 8.64. The molecule has 0 bridgehead atoms. The molecule has 0 fully saturated rings. The summed E-state index contributed by atoms with van der Waals surface area (Å²) in [5.41, 5.74) is 5.54. The number of hydrogen-bond acceptors (Lipinski definition) is 2. The molecule has 0 aliphatic heterocycles. The van der Waals surface area contributed by atoms with E-state index < -0.39 is 5.41 Å². The fraction of sp³-hybridized carbons (Fsp3) is 0.263. The highest BCUT2D eigenvalue weighted by Gasteiger charge is 2.47. The molecule has 40 heavy (non-hydrogen) atoms. The zero-order chi connectivity index (χ0) is 28.2. The normalized spacial score (nSPS) is 16.2. The Balaban J connectivity index is 1.81. The van der Waals surface area contributed by atoms with Gasteiger partial charge in [-0.3, -0.25) is 0 Å². The smallest absolute Gasteiger partial charge is 0.123 e. The molecule has 0 heterocycles. The standard InChI is InChI=1S/C38H40O2/c1-4-5-13-25-38(36-19-12-14-24-37(36,2)3,30-20-22-34(39)32(26-30)28-15-8-6-9-16-28)31-21-23-35(40)33(27-31)29-17-10-7-11-18-29/h6-12,14-24,26-27,36,39-40H,4-5,13,25H2,1-3H3. The van der Waals surface area contributed by atoms with E-state index >= 15 is 0 Å². The van der Waals surface area contributed by atoms with Crippen molar-refractivity contribution in [2.45, 2.75) is 51.9 Å². The van der Waals surface area contributed by atoms with Crippen LogP contribution in [0.2, 0.25) is 0 Å². The molecular formula is C38H40O2. The van der Waals surface area contributed by atoms with Gasteiger partial charge >= 0.3 is 0 Å². The summed E-state index contributed by atoms with van der Waals surface area (Å²) in [7, 11) is 0. The van der Waals surface area contributed by atoms with E-state index in [0.717, 1.165) is 47.9 Å². The maximum Gasteiger partial charge on any atom is 0.123 e. The van der Waals surface area contributed by atoms with E-state index in [1.54, 1.807) is 0 Å². The van der Waals surface area contributed by atoms with E-state index in [1.165, 1.54) is 11.1 Å². The topological polar surface area (TPSA) is 40.5 Å². The van der Waals surface area contributed by atoms with E-state index in [2.05, 4.69) is 93.6 Å². The fourth-order valence-electron chi connectivity index (χ4n) is 6.58. The molecule has 1 aliphatic rings. The third-order valence-electron chi connectivity index (χ3n) is 8.64. The van der Waals surface area contributed by atoms with Crippen LogP contribution in [0.3, 0.4) is 0 Å². The minimum Gasteiger partial charge on any atom is -0.507 e. The van der Waals surface area contributed by atoms with Crippen LogP contribution in [0.4, 0.5) is 0 Å². The Morgan fingerprint density at radius 3 is 1.68 bits per heavy atom. The number of unbranched alkanes of at least 4 members (excludes halogenated alkanes) is 2. The molecule has 2 heteroatoms. The minimum atomic E-state index is -0.394. The zero-order valence-corrected chi connectivity index (χ0v) is 23.8. The predicted molar refractivity (Wildman–Crippen MR) is 168 cm³/mol. The summed E-state index contributed by atoms with van der Waals surface area (Å²) in [6.45, 7) is 6.89. The largest absolute Gasteiger partial charge is 0.507 e. The third kappa shape index (κ3) is 5.23. The van der Waals surface area contributed by atoms with Gasteiger partial charge in [0.1, 0.15) is 11.5 Å². The van der Waals surface area contributed by atoms with Gasteiger partial charge in [-0.2, -0.15) is 0 Å². The fourth-order valence-corrected chi connectivity index (χ4v) is 6.58. The zero-order valence-electron chi connectivity index (χ0n) is 23.8. The van der Waals surface area contributed by atoms with Crippen molar-refractivity contribution in [1.82, 2.24) is 0 Å². The number of allylic oxidation sites excluding steroid dienone is 4. The number of aromatic hydroxyl groups is 2. The lowest BCUT2D eigenvalue weighted by Gasteiger charge is -2.48. The van der Waals surface area contributed by atoms with Crippen LogP contribution < -0.4 is 0 Å². The number of hydrogen-bond donors (Lipinski definition) is 2. The van der Waals surface area contributed by atoms with E-state index in [4.69, 9.17) is 0 Å². The van der Waals surface area contributed by atoms with E-state index in [0.29, 0.717) is 0 Å². The van der Waals surface area contributed by atoms with Crippen molar-refractivity contribution in [3.63, 3.8) is 0 Å². The second kappa shape index (κ2) is 11.6. The molecule has 0 radical (unpaired) electrons. The lowest BCUT2D eigenvalue weighted by molar-refractivity contribution is 0.211. The first-order valence-electron chi connectivity index (χ1n) is 14.5. The predicted octanol–water partition coefficient (Wildman–Crippen LogP) is 10.1. The number of phenolic OH excluding ortho intramolecular Hbond substituents is 2. The van der Waals surface area contributed by atoms with Crippen LogP contribution in [-0.4, -0.2) is 10.2 Å². The minimum absolute atomic E-state index is 0.115. The van der Waals surface area contributed by atoms with Crippen LogP contribution in [0, 0.1) is 11.3 Å². The number of benzene rings is 4. The van der Waals surface area contributed by atoms with Gasteiger partial charge in [0.25, 0.3) is 0 Å². The van der Waals surface area contributed by atoms with E-state index in [9.17, 15) is 10.2 Å². The molecule has 1 unspecified atom stereocenters. The van der Waals surface area contributed by atoms with E-state index in [1.807, 2.05) is 48.5 Å². The van der Waals surface area contributed by atoms with Crippen LogP contribution in [0.25, 0.3) is 22.3 Å². The van der Waals surface area contributed by atoms with Crippen molar-refractivity contribution < 1.29 is 10.2 Å². The average Bonchev–Trinajstić information content (AvgIpc) is 2.97. The van der Waals surface area contributed by atoms with Gasteiger partial charge in [-0.1, -0.05) is 137 Å². The molecular weight excluding hydrogens is 488 g/mol. The summed E-state index contributed by atoms with van der Waals surface area (Å²) in [5, 5.41) is 22.0. The summed E-state index contributed by atoms with van der Waals surface area (Å²) in [6.07, 6.45) is 13.3. The Morgan fingerprint density at radius 1 is 0.675 bits per heavy atom. The molecule has 0 amide bonds. The van der Waals surface area contributed by atoms with Crippen molar-refractivity contribution in [3.05, 3.63) is 132 Å². The molecule has 204 valence electrons. The van der Waals surface area contributed by atoms with Crippen molar-refractivity contribution >= 4 is 0 Å². The molecule has 0 aromatic heterocycles. The highest BCUT2D eigenvalue weighted by molar-refractivity contribution is 5.74. The van der Waals surface area contributed by atoms with Crippen LogP contribution in [0.15, 0.2) is 121 Å². The van der Waals surface area contributed by atoms with Crippen LogP contribution in [-0.2, 0) is 5.41 Å². The first-order chi connectivity index (χ1) is 19.4. The molecule has 5 rings (SSSR count). The Morgan fingerprint density at radius 2 is 1.20 bits per heavy atom. The van der Waals surface area contributed by atoms with Gasteiger partial charge in [-0.05, 0) is 64.3 Å². The van der Waals surface area contributed by atoms with Gasteiger partial charge in [-0.15, -0.1) is 0 Å². The quantitative estimate of drug-likeness (QED) is 0.212. The SMILES string of the molecule is CCCCCC(c1ccc(O)c(-c2ccccc2)c1)(c1ccc(O)c(-c2ccccc2)c1)C1C=CC=CC1(C)C. The molecule has 0 spiro atoms. The Labute approximate surface area is 239 Å². The lowest BCUT2D eigenvalue weighted by atomic mass is 9.54. The Bertz CT molecular complexity index is 1410. The molecule has 1 aliphatic carbocycles. The summed E-state index contributed by atoms with van der Waals surface area (Å²) >= 11 is 0. The maximum atomic E-state index is 11.0. The van der Waals surface area contributed by atoms with Gasteiger partial charge in [0, 0.05) is 16.5 Å². The number of rotatable bonds is 9. The molecule has 1 atom stereocenters. The highest BCUT2D eigenvalue weighted by Crippen LogP contribution is 2.54. The van der Waals surface area contributed by atoms with Gasteiger partial charge < -0.3 is 10.2 Å². The van der Waals surface area contributed by atoms with Crippen molar-refractivity contribution in [3.8, 4) is 33.8 Å². The first kappa shape index (κ1) is 27.5.